The molecule has 0 bridgehead atoms. The Labute approximate surface area is 98.1 Å². The van der Waals surface area contributed by atoms with E-state index in [4.69, 9.17) is 5.73 Å². The normalized spacial score (nSPS) is 12.2. The molecular weight excluding hydrogens is 222 g/mol. The minimum atomic E-state index is -0.372. The van der Waals surface area contributed by atoms with E-state index < -0.39 is 0 Å². The molecule has 16 heavy (non-hydrogen) atoms. The first-order chi connectivity index (χ1) is 7.37. The summed E-state index contributed by atoms with van der Waals surface area (Å²) in [5.41, 5.74) is 5.42. The summed E-state index contributed by atoms with van der Waals surface area (Å²) in [5.74, 6) is -0.372. The van der Waals surface area contributed by atoms with Gasteiger partial charge in [-0.15, -0.1) is 11.3 Å². The number of rotatable bonds is 2. The largest absolute Gasteiger partial charge is 0.365 e. The molecule has 0 fully saturated rings. The van der Waals surface area contributed by atoms with E-state index >= 15 is 0 Å². The number of hydrogen-bond donors (Lipinski definition) is 1. The van der Waals surface area contributed by atoms with Crippen molar-refractivity contribution in [1.82, 2.24) is 9.78 Å². The van der Waals surface area contributed by atoms with Crippen LogP contribution >= 0.6 is 11.3 Å². The monoisotopic (exact) mass is 237 g/mol. The maximum atomic E-state index is 11.1. The van der Waals surface area contributed by atoms with Crippen molar-refractivity contribution in [3.8, 4) is 0 Å². The predicted octanol–water partition coefficient (Wildman–Crippen LogP) is 2.24. The quantitative estimate of drug-likeness (QED) is 0.870. The lowest BCUT2D eigenvalue weighted by molar-refractivity contribution is 0.100. The van der Waals surface area contributed by atoms with Gasteiger partial charge in [-0.25, -0.2) is 0 Å². The van der Waals surface area contributed by atoms with E-state index in [0.717, 1.165) is 16.8 Å². The average Bonchev–Trinajstić information content (AvgIpc) is 2.64. The SMILES string of the molecule is CC(C)(C)Cn1ncc2cc(C(N)=O)sc21. The van der Waals surface area contributed by atoms with Crippen LogP contribution in [0.25, 0.3) is 10.2 Å². The van der Waals surface area contributed by atoms with E-state index in [2.05, 4.69) is 25.9 Å². The molecule has 0 aliphatic carbocycles. The zero-order valence-corrected chi connectivity index (χ0v) is 10.5. The Morgan fingerprint density at radius 3 is 2.81 bits per heavy atom. The van der Waals surface area contributed by atoms with Crippen LogP contribution in [-0.2, 0) is 6.54 Å². The molecule has 0 radical (unpaired) electrons. The van der Waals surface area contributed by atoms with Gasteiger partial charge >= 0.3 is 0 Å². The Morgan fingerprint density at radius 1 is 1.56 bits per heavy atom. The summed E-state index contributed by atoms with van der Waals surface area (Å²) in [6, 6.07) is 1.80. The van der Waals surface area contributed by atoms with Crippen molar-refractivity contribution in [3.63, 3.8) is 0 Å². The van der Waals surface area contributed by atoms with Gasteiger partial charge < -0.3 is 5.73 Å². The molecule has 86 valence electrons. The number of carbonyl (C=O) groups excluding carboxylic acids is 1. The lowest BCUT2D eigenvalue weighted by Gasteiger charge is -2.17. The van der Waals surface area contributed by atoms with Crippen molar-refractivity contribution in [2.24, 2.45) is 11.1 Å². The van der Waals surface area contributed by atoms with Crippen molar-refractivity contribution < 1.29 is 4.79 Å². The first-order valence-corrected chi connectivity index (χ1v) is 5.94. The Balaban J connectivity index is 2.43. The molecule has 0 aromatic carbocycles. The Hall–Kier alpha value is -1.36. The molecule has 2 heterocycles. The fraction of sp³-hybridized carbons (Fsp3) is 0.455. The highest BCUT2D eigenvalue weighted by atomic mass is 32.1. The summed E-state index contributed by atoms with van der Waals surface area (Å²) >= 11 is 1.41. The van der Waals surface area contributed by atoms with Crippen LogP contribution in [-0.4, -0.2) is 15.7 Å². The summed E-state index contributed by atoms with van der Waals surface area (Å²) < 4.78 is 1.94. The molecule has 0 spiro atoms. The second-order valence-corrected chi connectivity index (χ2v) is 6.13. The molecule has 2 aromatic rings. The van der Waals surface area contributed by atoms with Crippen LogP contribution in [0.1, 0.15) is 30.4 Å². The van der Waals surface area contributed by atoms with Gasteiger partial charge in [0.25, 0.3) is 5.91 Å². The minimum Gasteiger partial charge on any atom is -0.365 e. The van der Waals surface area contributed by atoms with Crippen molar-refractivity contribution in [1.29, 1.82) is 0 Å². The Bertz CT molecular complexity index is 533. The Kier molecular flexibility index (Phi) is 2.50. The van der Waals surface area contributed by atoms with Gasteiger partial charge in [-0.2, -0.15) is 5.10 Å². The zero-order valence-electron chi connectivity index (χ0n) is 9.65. The maximum Gasteiger partial charge on any atom is 0.258 e. The van der Waals surface area contributed by atoms with Gasteiger partial charge in [0.1, 0.15) is 4.83 Å². The van der Waals surface area contributed by atoms with Crippen molar-refractivity contribution in [2.75, 3.05) is 0 Å². The fourth-order valence-corrected chi connectivity index (χ4v) is 2.50. The average molecular weight is 237 g/mol. The van der Waals surface area contributed by atoms with Crippen LogP contribution in [0.2, 0.25) is 0 Å². The third-order valence-corrected chi connectivity index (χ3v) is 3.36. The second-order valence-electron chi connectivity index (χ2n) is 5.10. The fourth-order valence-electron chi connectivity index (χ4n) is 1.56. The number of nitrogens with zero attached hydrogens (tertiary/aromatic N) is 2. The minimum absolute atomic E-state index is 0.163. The van der Waals surface area contributed by atoms with Gasteiger partial charge in [-0.05, 0) is 11.5 Å². The number of hydrogen-bond acceptors (Lipinski definition) is 3. The highest BCUT2D eigenvalue weighted by Crippen LogP contribution is 2.27. The van der Waals surface area contributed by atoms with E-state index in [0.29, 0.717) is 4.88 Å². The lowest BCUT2D eigenvalue weighted by atomic mass is 9.97. The molecule has 5 heteroatoms. The van der Waals surface area contributed by atoms with Gasteiger partial charge in [0.15, 0.2) is 0 Å². The van der Waals surface area contributed by atoms with Crippen LogP contribution in [0.15, 0.2) is 12.3 Å². The molecule has 0 aliphatic rings. The third kappa shape index (κ3) is 2.09. The highest BCUT2D eigenvalue weighted by molar-refractivity contribution is 7.20. The number of thiophene rings is 1. The predicted molar refractivity (Wildman–Crippen MR) is 65.6 cm³/mol. The van der Waals surface area contributed by atoms with Crippen LogP contribution in [0.3, 0.4) is 0 Å². The zero-order chi connectivity index (χ0) is 11.9. The van der Waals surface area contributed by atoms with E-state index in [1.54, 1.807) is 12.3 Å². The molecule has 4 nitrogen and oxygen atoms in total. The smallest absolute Gasteiger partial charge is 0.258 e. The number of amides is 1. The molecule has 0 atom stereocenters. The summed E-state index contributed by atoms with van der Waals surface area (Å²) in [5, 5.41) is 5.31. The van der Waals surface area contributed by atoms with E-state index in [9.17, 15) is 4.79 Å². The number of aromatic nitrogens is 2. The molecule has 0 saturated heterocycles. The van der Waals surface area contributed by atoms with E-state index in [1.165, 1.54) is 11.3 Å². The molecule has 2 rings (SSSR count). The molecule has 0 unspecified atom stereocenters. The van der Waals surface area contributed by atoms with Crippen molar-refractivity contribution in [2.45, 2.75) is 27.3 Å². The number of nitrogens with two attached hydrogens (primary N) is 1. The standard InChI is InChI=1S/C11H15N3OS/c1-11(2,3)6-14-10-7(5-13-14)4-8(16-10)9(12)15/h4-5H,6H2,1-3H3,(H2,12,15). The van der Waals surface area contributed by atoms with E-state index in [1.807, 2.05) is 4.68 Å². The molecular formula is C11H15N3OS. The number of fused-ring (bicyclic) bond motifs is 1. The molecule has 0 aliphatic heterocycles. The lowest BCUT2D eigenvalue weighted by Crippen LogP contribution is -2.15. The summed E-state index contributed by atoms with van der Waals surface area (Å²) in [6.45, 7) is 7.30. The van der Waals surface area contributed by atoms with Crippen LogP contribution in [0, 0.1) is 5.41 Å². The van der Waals surface area contributed by atoms with Gasteiger partial charge in [-0.1, -0.05) is 20.8 Å². The molecule has 0 saturated carbocycles. The summed E-state index contributed by atoms with van der Waals surface area (Å²) in [6.07, 6.45) is 1.78. The van der Waals surface area contributed by atoms with Crippen molar-refractivity contribution in [3.05, 3.63) is 17.1 Å². The molecule has 2 N–H and O–H groups in total. The molecule has 2 aromatic heterocycles. The summed E-state index contributed by atoms with van der Waals surface area (Å²) in [4.78, 5) is 12.7. The van der Waals surface area contributed by atoms with Crippen molar-refractivity contribution >= 4 is 27.5 Å². The van der Waals surface area contributed by atoms with Gasteiger partial charge in [0.05, 0.1) is 11.1 Å². The van der Waals surface area contributed by atoms with Gasteiger partial charge in [0.2, 0.25) is 0 Å². The highest BCUT2D eigenvalue weighted by Gasteiger charge is 2.16. The maximum absolute atomic E-state index is 11.1. The van der Waals surface area contributed by atoms with Crippen LogP contribution in [0.4, 0.5) is 0 Å². The van der Waals surface area contributed by atoms with Crippen LogP contribution < -0.4 is 5.73 Å². The first kappa shape index (κ1) is 11.1. The number of primary amides is 1. The van der Waals surface area contributed by atoms with Gasteiger partial charge in [-0.3, -0.25) is 9.48 Å². The summed E-state index contributed by atoms with van der Waals surface area (Å²) in [7, 11) is 0. The third-order valence-electron chi connectivity index (χ3n) is 2.18. The first-order valence-electron chi connectivity index (χ1n) is 5.12. The van der Waals surface area contributed by atoms with E-state index in [-0.39, 0.29) is 11.3 Å². The second kappa shape index (κ2) is 3.59. The Morgan fingerprint density at radius 2 is 2.25 bits per heavy atom. The molecule has 1 amide bonds. The topological polar surface area (TPSA) is 60.9 Å². The van der Waals surface area contributed by atoms with Gasteiger partial charge in [0, 0.05) is 11.9 Å². The number of carbonyl (C=O) groups is 1. The van der Waals surface area contributed by atoms with Crippen LogP contribution in [0.5, 0.6) is 0 Å².